The van der Waals surface area contributed by atoms with Crippen LogP contribution in [0.1, 0.15) is 62.9 Å². The quantitative estimate of drug-likeness (QED) is 0.302. The van der Waals surface area contributed by atoms with Gasteiger partial charge in [-0.1, -0.05) is 42.5 Å². The van der Waals surface area contributed by atoms with Crippen molar-refractivity contribution >= 4 is 22.4 Å². The second kappa shape index (κ2) is 9.75. The van der Waals surface area contributed by atoms with Gasteiger partial charge in [0.15, 0.2) is 0 Å². The summed E-state index contributed by atoms with van der Waals surface area (Å²) in [5, 5.41) is 5.30. The lowest BCUT2D eigenvalue weighted by Gasteiger charge is -2.53. The van der Waals surface area contributed by atoms with Gasteiger partial charge in [-0.05, 0) is 117 Å². The summed E-state index contributed by atoms with van der Waals surface area (Å²) in [5.74, 6) is -0.419. The maximum Gasteiger partial charge on any atom is 0.255 e. The standard InChI is InChI=1S/C33H35FN2O/c1-32(2)18-5-19-33(3,4)36(32)22-23-6-7-28-21-30(17-14-27(28)20-23)35-31(37)26-10-8-24(9-11-26)25-12-15-29(34)16-13-25/h6-17,20-21H,5,18-19,22H2,1-4H3,(H,35,37). The number of hydrogen-bond acceptors (Lipinski definition) is 2. The zero-order chi connectivity index (χ0) is 26.2. The van der Waals surface area contributed by atoms with Crippen molar-refractivity contribution in [1.29, 1.82) is 0 Å². The summed E-state index contributed by atoms with van der Waals surface area (Å²) in [7, 11) is 0. The lowest BCUT2D eigenvalue weighted by atomic mass is 9.79. The van der Waals surface area contributed by atoms with Gasteiger partial charge in [-0.25, -0.2) is 4.39 Å². The van der Waals surface area contributed by atoms with E-state index in [9.17, 15) is 9.18 Å². The minimum absolute atomic E-state index is 0.156. The molecule has 0 atom stereocenters. The zero-order valence-electron chi connectivity index (χ0n) is 22.1. The van der Waals surface area contributed by atoms with E-state index in [0.29, 0.717) is 5.56 Å². The van der Waals surface area contributed by atoms with Crippen molar-refractivity contribution in [3.63, 3.8) is 0 Å². The Morgan fingerprint density at radius 3 is 2.00 bits per heavy atom. The molecule has 1 aliphatic heterocycles. The van der Waals surface area contributed by atoms with Gasteiger partial charge >= 0.3 is 0 Å². The fourth-order valence-electron chi connectivity index (χ4n) is 5.78. The third kappa shape index (κ3) is 5.45. The van der Waals surface area contributed by atoms with Crippen molar-refractivity contribution in [2.45, 2.75) is 64.6 Å². The van der Waals surface area contributed by atoms with Gasteiger partial charge in [0.25, 0.3) is 5.91 Å². The van der Waals surface area contributed by atoms with Crippen molar-refractivity contribution in [2.24, 2.45) is 0 Å². The molecule has 0 unspecified atom stereocenters. The number of rotatable bonds is 5. The summed E-state index contributed by atoms with van der Waals surface area (Å²) in [5.41, 5.74) is 4.88. The smallest absolute Gasteiger partial charge is 0.255 e. The highest BCUT2D eigenvalue weighted by molar-refractivity contribution is 6.05. The number of likely N-dealkylation sites (tertiary alicyclic amines) is 1. The van der Waals surface area contributed by atoms with Gasteiger partial charge in [-0.2, -0.15) is 0 Å². The van der Waals surface area contributed by atoms with Crippen LogP contribution in [0, 0.1) is 5.82 Å². The maximum absolute atomic E-state index is 13.2. The zero-order valence-corrected chi connectivity index (χ0v) is 22.1. The molecule has 1 aliphatic rings. The lowest BCUT2D eigenvalue weighted by molar-refractivity contribution is -0.0340. The first-order valence-corrected chi connectivity index (χ1v) is 13.1. The molecule has 1 N–H and O–H groups in total. The first-order chi connectivity index (χ1) is 17.6. The van der Waals surface area contributed by atoms with E-state index >= 15 is 0 Å². The number of fused-ring (bicyclic) bond motifs is 1. The molecule has 190 valence electrons. The largest absolute Gasteiger partial charge is 0.322 e. The minimum atomic E-state index is -0.263. The molecule has 0 spiro atoms. The monoisotopic (exact) mass is 494 g/mol. The molecular formula is C33H35FN2O. The predicted octanol–water partition coefficient (Wildman–Crippen LogP) is 8.44. The van der Waals surface area contributed by atoms with Crippen LogP contribution in [0.2, 0.25) is 0 Å². The molecule has 4 aromatic rings. The third-order valence-corrected chi connectivity index (χ3v) is 7.87. The molecule has 4 aromatic carbocycles. The van der Waals surface area contributed by atoms with Crippen LogP contribution in [0.25, 0.3) is 21.9 Å². The second-order valence-corrected chi connectivity index (χ2v) is 11.5. The van der Waals surface area contributed by atoms with Gasteiger partial charge in [-0.15, -0.1) is 0 Å². The van der Waals surface area contributed by atoms with Gasteiger partial charge in [0.2, 0.25) is 0 Å². The molecule has 0 radical (unpaired) electrons. The fourth-order valence-corrected chi connectivity index (χ4v) is 5.78. The molecule has 5 rings (SSSR count). The molecule has 3 nitrogen and oxygen atoms in total. The SMILES string of the molecule is CC1(C)CCCC(C)(C)N1Cc1ccc2cc(NC(=O)c3ccc(-c4ccc(F)cc4)cc3)ccc2c1. The number of carbonyl (C=O) groups excluding carboxylic acids is 1. The number of amides is 1. The first-order valence-electron chi connectivity index (χ1n) is 13.1. The summed E-state index contributed by atoms with van der Waals surface area (Å²) in [6, 6.07) is 26.4. The molecular weight excluding hydrogens is 459 g/mol. The lowest BCUT2D eigenvalue weighted by Crippen LogP contribution is -2.57. The normalized spacial score (nSPS) is 17.0. The van der Waals surface area contributed by atoms with E-state index in [2.05, 4.69) is 62.2 Å². The summed E-state index contributed by atoms with van der Waals surface area (Å²) >= 11 is 0. The van der Waals surface area contributed by atoms with Crippen LogP contribution in [0.15, 0.2) is 84.9 Å². The molecule has 0 saturated carbocycles. The van der Waals surface area contributed by atoms with Crippen LogP contribution in [0.4, 0.5) is 10.1 Å². The van der Waals surface area contributed by atoms with E-state index in [1.54, 1.807) is 24.3 Å². The highest BCUT2D eigenvalue weighted by atomic mass is 19.1. The van der Waals surface area contributed by atoms with E-state index in [1.807, 2.05) is 24.3 Å². The van der Waals surface area contributed by atoms with E-state index < -0.39 is 0 Å². The van der Waals surface area contributed by atoms with Crippen LogP contribution in [0.5, 0.6) is 0 Å². The third-order valence-electron chi connectivity index (χ3n) is 7.87. The van der Waals surface area contributed by atoms with E-state index in [1.165, 1.54) is 42.3 Å². The number of halogens is 1. The molecule has 4 heteroatoms. The van der Waals surface area contributed by atoms with Crippen LogP contribution >= 0.6 is 0 Å². The van der Waals surface area contributed by atoms with Crippen molar-refractivity contribution in [3.8, 4) is 11.1 Å². The number of nitrogens with one attached hydrogen (secondary N) is 1. The van der Waals surface area contributed by atoms with E-state index in [0.717, 1.165) is 28.7 Å². The first kappa shape index (κ1) is 25.2. The molecule has 1 amide bonds. The van der Waals surface area contributed by atoms with Crippen LogP contribution in [-0.2, 0) is 6.54 Å². The van der Waals surface area contributed by atoms with Crippen LogP contribution in [0.3, 0.4) is 0 Å². The van der Waals surface area contributed by atoms with Gasteiger partial charge in [-0.3, -0.25) is 9.69 Å². The van der Waals surface area contributed by atoms with Crippen molar-refractivity contribution < 1.29 is 9.18 Å². The number of anilines is 1. The van der Waals surface area contributed by atoms with Gasteiger partial charge in [0, 0.05) is 28.9 Å². The van der Waals surface area contributed by atoms with Crippen molar-refractivity contribution in [1.82, 2.24) is 4.90 Å². The molecule has 1 saturated heterocycles. The van der Waals surface area contributed by atoms with Crippen LogP contribution in [-0.4, -0.2) is 21.9 Å². The molecule has 0 aliphatic carbocycles. The summed E-state index contributed by atoms with van der Waals surface area (Å²) < 4.78 is 13.2. The molecule has 0 aromatic heterocycles. The minimum Gasteiger partial charge on any atom is -0.322 e. The fraction of sp³-hybridized carbons (Fsp3) is 0.303. The predicted molar refractivity (Wildman–Crippen MR) is 151 cm³/mol. The van der Waals surface area contributed by atoms with Gasteiger partial charge in [0.05, 0.1) is 0 Å². The Balaban J connectivity index is 1.29. The summed E-state index contributed by atoms with van der Waals surface area (Å²) in [4.78, 5) is 15.5. The van der Waals surface area contributed by atoms with Gasteiger partial charge in [0.1, 0.15) is 5.82 Å². The highest BCUT2D eigenvalue weighted by Gasteiger charge is 2.40. The number of nitrogens with zero attached hydrogens (tertiary/aromatic N) is 1. The van der Waals surface area contributed by atoms with Crippen LogP contribution < -0.4 is 5.32 Å². The average Bonchev–Trinajstić information content (AvgIpc) is 2.86. The Labute approximate surface area is 219 Å². The number of hydrogen-bond donors (Lipinski definition) is 1. The Hall–Kier alpha value is -3.50. The topological polar surface area (TPSA) is 32.3 Å². The van der Waals surface area contributed by atoms with E-state index in [-0.39, 0.29) is 22.8 Å². The Morgan fingerprint density at radius 1 is 0.784 bits per heavy atom. The average molecular weight is 495 g/mol. The molecule has 1 fully saturated rings. The number of carbonyl (C=O) groups is 1. The number of piperidine rings is 1. The second-order valence-electron chi connectivity index (χ2n) is 11.5. The van der Waals surface area contributed by atoms with Crippen molar-refractivity contribution in [3.05, 3.63) is 102 Å². The maximum atomic E-state index is 13.2. The summed E-state index contributed by atoms with van der Waals surface area (Å²) in [6.45, 7) is 10.4. The Kier molecular flexibility index (Phi) is 6.63. The van der Waals surface area contributed by atoms with E-state index in [4.69, 9.17) is 0 Å². The van der Waals surface area contributed by atoms with Gasteiger partial charge < -0.3 is 5.32 Å². The number of benzene rings is 4. The molecule has 37 heavy (non-hydrogen) atoms. The van der Waals surface area contributed by atoms with Crippen molar-refractivity contribution in [2.75, 3.05) is 5.32 Å². The Bertz CT molecular complexity index is 1410. The molecule has 1 heterocycles. The summed E-state index contributed by atoms with van der Waals surface area (Å²) in [6.07, 6.45) is 3.73. The Morgan fingerprint density at radius 2 is 1.35 bits per heavy atom. The highest BCUT2D eigenvalue weighted by Crippen LogP contribution is 2.39. The molecule has 0 bridgehead atoms.